The predicted octanol–water partition coefficient (Wildman–Crippen LogP) is 2.26. The second-order valence-corrected chi connectivity index (χ2v) is 6.48. The molecule has 1 aliphatic rings. The number of hydrogen-bond acceptors (Lipinski definition) is 4. The summed E-state index contributed by atoms with van der Waals surface area (Å²) in [7, 11) is 0. The minimum absolute atomic E-state index is 0.0780. The van der Waals surface area contributed by atoms with Crippen molar-refractivity contribution >= 4 is 17.9 Å². The number of carbonyl (C=O) groups excluding carboxylic acids is 2. The first-order chi connectivity index (χ1) is 13.2. The van der Waals surface area contributed by atoms with Gasteiger partial charge in [0.2, 0.25) is 5.91 Å². The summed E-state index contributed by atoms with van der Waals surface area (Å²) in [5.41, 5.74) is 1.20. The fourth-order valence-electron chi connectivity index (χ4n) is 3.02. The van der Waals surface area contributed by atoms with Crippen molar-refractivity contribution in [3.05, 3.63) is 66.1 Å². The van der Waals surface area contributed by atoms with E-state index in [4.69, 9.17) is 4.42 Å². The fourth-order valence-corrected chi connectivity index (χ4v) is 3.02. The monoisotopic (exact) mass is 367 g/mol. The lowest BCUT2D eigenvalue weighted by molar-refractivity contribution is -0.132. The Morgan fingerprint density at radius 1 is 1.04 bits per heavy atom. The first-order valence-electron chi connectivity index (χ1n) is 9.26. The summed E-state index contributed by atoms with van der Waals surface area (Å²) in [6, 6.07) is 13.5. The molecule has 0 saturated carbocycles. The second-order valence-electron chi connectivity index (χ2n) is 6.48. The number of furan rings is 1. The predicted molar refractivity (Wildman–Crippen MR) is 104 cm³/mol. The lowest BCUT2D eigenvalue weighted by atomic mass is 10.2. The van der Waals surface area contributed by atoms with Crippen LogP contribution in [0.15, 0.2) is 59.2 Å². The maximum absolute atomic E-state index is 12.3. The maximum Gasteiger partial charge on any atom is 0.286 e. The van der Waals surface area contributed by atoms with Crippen molar-refractivity contribution in [1.29, 1.82) is 0 Å². The molecule has 2 aromatic rings. The van der Waals surface area contributed by atoms with Crippen LogP contribution in [0.25, 0.3) is 6.08 Å². The molecular weight excluding hydrogens is 342 g/mol. The molecule has 1 saturated heterocycles. The standard InChI is InChI=1S/C21H25N3O3/c25-20(10-11-22-21(26)19-9-5-17-27-19)24-15-13-23(14-16-24)12-4-8-18-6-2-1-3-7-18/h1-9,17H,10-16H2,(H,22,26)/b8-4+. The molecule has 6 heteroatoms. The van der Waals surface area contributed by atoms with Crippen LogP contribution in [0.2, 0.25) is 0 Å². The van der Waals surface area contributed by atoms with E-state index in [1.54, 1.807) is 12.1 Å². The first-order valence-corrected chi connectivity index (χ1v) is 9.26. The highest BCUT2D eigenvalue weighted by Gasteiger charge is 2.20. The molecule has 0 radical (unpaired) electrons. The summed E-state index contributed by atoms with van der Waals surface area (Å²) in [6.07, 6.45) is 6.05. The van der Waals surface area contributed by atoms with Crippen molar-refractivity contribution in [3.63, 3.8) is 0 Å². The minimum Gasteiger partial charge on any atom is -0.459 e. The topological polar surface area (TPSA) is 65.8 Å². The van der Waals surface area contributed by atoms with Crippen LogP contribution in [0.1, 0.15) is 22.5 Å². The summed E-state index contributed by atoms with van der Waals surface area (Å²) in [4.78, 5) is 28.3. The molecule has 0 atom stereocenters. The first kappa shape index (κ1) is 18.9. The van der Waals surface area contributed by atoms with Gasteiger partial charge in [0.1, 0.15) is 0 Å². The van der Waals surface area contributed by atoms with E-state index in [1.165, 1.54) is 11.8 Å². The lowest BCUT2D eigenvalue weighted by Crippen LogP contribution is -2.49. The van der Waals surface area contributed by atoms with E-state index in [1.807, 2.05) is 23.1 Å². The molecular formula is C21H25N3O3. The fraction of sp³-hybridized carbons (Fsp3) is 0.333. The van der Waals surface area contributed by atoms with Crippen LogP contribution in [0.5, 0.6) is 0 Å². The van der Waals surface area contributed by atoms with E-state index < -0.39 is 0 Å². The van der Waals surface area contributed by atoms with Gasteiger partial charge in [0.05, 0.1) is 6.26 Å². The average molecular weight is 367 g/mol. The van der Waals surface area contributed by atoms with Gasteiger partial charge in [0.25, 0.3) is 5.91 Å². The van der Waals surface area contributed by atoms with Gasteiger partial charge >= 0.3 is 0 Å². The van der Waals surface area contributed by atoms with E-state index >= 15 is 0 Å². The molecule has 1 N–H and O–H groups in total. The normalized spacial score (nSPS) is 15.2. The summed E-state index contributed by atoms with van der Waals surface area (Å²) in [6.45, 7) is 4.38. The highest BCUT2D eigenvalue weighted by molar-refractivity contribution is 5.91. The van der Waals surface area contributed by atoms with Gasteiger partial charge in [-0.15, -0.1) is 0 Å². The lowest BCUT2D eigenvalue weighted by Gasteiger charge is -2.34. The zero-order valence-electron chi connectivity index (χ0n) is 15.3. The van der Waals surface area contributed by atoms with Crippen LogP contribution in [0, 0.1) is 0 Å². The highest BCUT2D eigenvalue weighted by Crippen LogP contribution is 2.06. The van der Waals surface area contributed by atoms with Crippen molar-refractivity contribution in [2.45, 2.75) is 6.42 Å². The second kappa shape index (κ2) is 9.73. The maximum atomic E-state index is 12.3. The Balaban J connectivity index is 1.33. The smallest absolute Gasteiger partial charge is 0.286 e. The van der Waals surface area contributed by atoms with Gasteiger partial charge in [-0.25, -0.2) is 0 Å². The molecule has 0 aliphatic carbocycles. The number of nitrogens with zero attached hydrogens (tertiary/aromatic N) is 2. The van der Waals surface area contributed by atoms with E-state index in [9.17, 15) is 9.59 Å². The van der Waals surface area contributed by atoms with Gasteiger partial charge in [0, 0.05) is 45.7 Å². The number of amides is 2. The number of piperazine rings is 1. The number of benzene rings is 1. The SMILES string of the molecule is O=C(NCCC(=O)N1CCN(C/C=C/c2ccccc2)CC1)c1ccco1. The molecule has 142 valence electrons. The summed E-state index contributed by atoms with van der Waals surface area (Å²) >= 11 is 0. The number of carbonyl (C=O) groups is 2. The molecule has 6 nitrogen and oxygen atoms in total. The molecule has 2 heterocycles. The third-order valence-corrected chi connectivity index (χ3v) is 4.57. The Morgan fingerprint density at radius 2 is 1.81 bits per heavy atom. The summed E-state index contributed by atoms with van der Waals surface area (Å²) in [5.74, 6) is 0.0525. The van der Waals surface area contributed by atoms with Gasteiger partial charge in [0.15, 0.2) is 5.76 Å². The Hall–Kier alpha value is -2.86. The molecule has 27 heavy (non-hydrogen) atoms. The van der Waals surface area contributed by atoms with E-state index in [0.29, 0.717) is 13.0 Å². The molecule has 1 aromatic carbocycles. The van der Waals surface area contributed by atoms with E-state index in [2.05, 4.69) is 34.5 Å². The summed E-state index contributed by atoms with van der Waals surface area (Å²) < 4.78 is 5.02. The molecule has 2 amide bonds. The van der Waals surface area contributed by atoms with E-state index in [0.717, 1.165) is 32.7 Å². The van der Waals surface area contributed by atoms with Crippen LogP contribution in [0.3, 0.4) is 0 Å². The zero-order valence-corrected chi connectivity index (χ0v) is 15.3. The van der Waals surface area contributed by atoms with Gasteiger partial charge in [-0.2, -0.15) is 0 Å². The minimum atomic E-state index is -0.289. The molecule has 1 aliphatic heterocycles. The average Bonchev–Trinajstić information content (AvgIpc) is 3.24. The number of rotatable bonds is 7. The Bertz CT molecular complexity index is 748. The quantitative estimate of drug-likeness (QED) is 0.815. The van der Waals surface area contributed by atoms with Gasteiger partial charge in [-0.3, -0.25) is 14.5 Å². The van der Waals surface area contributed by atoms with Crippen molar-refractivity contribution in [2.24, 2.45) is 0 Å². The Morgan fingerprint density at radius 3 is 2.52 bits per heavy atom. The number of hydrogen-bond donors (Lipinski definition) is 1. The van der Waals surface area contributed by atoms with Crippen molar-refractivity contribution in [2.75, 3.05) is 39.3 Å². The van der Waals surface area contributed by atoms with Crippen LogP contribution in [0.4, 0.5) is 0 Å². The van der Waals surface area contributed by atoms with Crippen molar-refractivity contribution in [1.82, 2.24) is 15.1 Å². The van der Waals surface area contributed by atoms with Gasteiger partial charge in [-0.05, 0) is 17.7 Å². The van der Waals surface area contributed by atoms with Crippen LogP contribution < -0.4 is 5.32 Å². The van der Waals surface area contributed by atoms with Crippen LogP contribution in [-0.4, -0.2) is 60.9 Å². The van der Waals surface area contributed by atoms with Gasteiger partial charge in [-0.1, -0.05) is 42.5 Å². The molecule has 1 fully saturated rings. The molecule has 1 aromatic heterocycles. The largest absolute Gasteiger partial charge is 0.459 e. The molecule has 3 rings (SSSR count). The Kier molecular flexibility index (Phi) is 6.82. The molecule has 0 bridgehead atoms. The van der Waals surface area contributed by atoms with Gasteiger partial charge < -0.3 is 14.6 Å². The molecule has 0 spiro atoms. The zero-order chi connectivity index (χ0) is 18.9. The van der Waals surface area contributed by atoms with Crippen LogP contribution >= 0.6 is 0 Å². The summed E-state index contributed by atoms with van der Waals surface area (Å²) in [5, 5.41) is 2.71. The van der Waals surface area contributed by atoms with Crippen molar-refractivity contribution in [3.8, 4) is 0 Å². The third-order valence-electron chi connectivity index (χ3n) is 4.57. The highest BCUT2D eigenvalue weighted by atomic mass is 16.3. The van der Waals surface area contributed by atoms with Crippen molar-refractivity contribution < 1.29 is 14.0 Å². The third kappa shape index (κ3) is 5.82. The van der Waals surface area contributed by atoms with Crippen LogP contribution in [-0.2, 0) is 4.79 Å². The molecule has 0 unspecified atom stereocenters. The Labute approximate surface area is 159 Å². The number of nitrogens with one attached hydrogen (secondary N) is 1. The van der Waals surface area contributed by atoms with E-state index in [-0.39, 0.29) is 17.6 Å².